The van der Waals surface area contributed by atoms with Gasteiger partial charge in [-0.25, -0.2) is 0 Å². The smallest absolute Gasteiger partial charge is 0.201 e. The lowest BCUT2D eigenvalue weighted by Gasteiger charge is -2.30. The Morgan fingerprint density at radius 1 is 0.895 bits per heavy atom. The molecule has 4 N–H and O–H groups in total. The van der Waals surface area contributed by atoms with Crippen LogP contribution in [0.3, 0.4) is 0 Å². The maximum Gasteiger partial charge on any atom is 0.201 e. The molecule has 0 amide bonds. The van der Waals surface area contributed by atoms with Gasteiger partial charge in [-0.1, -0.05) is 72.8 Å². The van der Waals surface area contributed by atoms with Crippen molar-refractivity contribution in [3.8, 4) is 34.5 Å². The van der Waals surface area contributed by atoms with Crippen LogP contribution in [0.5, 0.6) is 34.5 Å². The fourth-order valence-corrected chi connectivity index (χ4v) is 4.80. The predicted molar refractivity (Wildman–Crippen MR) is 142 cm³/mol. The number of ether oxygens (including phenoxy) is 2. The molecule has 38 heavy (non-hydrogen) atoms. The molecule has 2 unspecified atom stereocenters. The first-order valence-electron chi connectivity index (χ1n) is 12.0. The topological polar surface area (TPSA) is 116 Å². The Bertz CT molecular complexity index is 1510. The normalized spacial score (nSPS) is 15.6. The average molecular weight is 511 g/mol. The molecule has 7 nitrogen and oxygen atoms in total. The molecule has 1 heterocycles. The molecule has 2 atom stereocenters. The number of hydrogen-bond donors (Lipinski definition) is 4. The Hall–Kier alpha value is -4.91. The Kier molecular flexibility index (Phi) is 6.66. The number of fused-ring (bicyclic) bond motifs is 1. The van der Waals surface area contributed by atoms with E-state index in [0.717, 1.165) is 17.2 Å². The van der Waals surface area contributed by atoms with Crippen LogP contribution in [-0.2, 0) is 0 Å². The van der Waals surface area contributed by atoms with Crippen molar-refractivity contribution < 1.29 is 34.7 Å². The number of aromatic hydroxyl groups is 4. The highest BCUT2D eigenvalue weighted by atomic mass is 16.5. The molecule has 1 aliphatic heterocycles. The quantitative estimate of drug-likeness (QED) is 0.233. The van der Waals surface area contributed by atoms with Crippen LogP contribution >= 0.6 is 0 Å². The minimum Gasteiger partial charge on any atom is -0.507 e. The average Bonchev–Trinajstić information content (AvgIpc) is 2.92. The fraction of sp³-hybridized carbons (Fsp3) is 0.129. The first kappa shape index (κ1) is 24.8. The highest BCUT2D eigenvalue weighted by molar-refractivity contribution is 6.03. The third kappa shape index (κ3) is 4.50. The maximum absolute atomic E-state index is 13.2. The van der Waals surface area contributed by atoms with Crippen LogP contribution in [-0.4, -0.2) is 33.3 Å². The summed E-state index contributed by atoms with van der Waals surface area (Å²) in [7, 11) is 1.38. The second-order valence-electron chi connectivity index (χ2n) is 8.98. The molecule has 0 aromatic heterocycles. The van der Waals surface area contributed by atoms with Crippen molar-refractivity contribution in [1.82, 2.24) is 0 Å². The van der Waals surface area contributed by atoms with E-state index in [-0.39, 0.29) is 46.5 Å². The van der Waals surface area contributed by atoms with Crippen LogP contribution in [0.1, 0.15) is 51.1 Å². The number of rotatable bonds is 6. The van der Waals surface area contributed by atoms with Crippen molar-refractivity contribution in [2.24, 2.45) is 0 Å². The van der Waals surface area contributed by atoms with Crippen LogP contribution in [0.2, 0.25) is 0 Å². The molecular formula is C31H26O7. The molecule has 0 saturated carbocycles. The summed E-state index contributed by atoms with van der Waals surface area (Å²) < 4.78 is 11.6. The summed E-state index contributed by atoms with van der Waals surface area (Å²) in [5, 5.41) is 41.9. The summed E-state index contributed by atoms with van der Waals surface area (Å²) in [6.45, 7) is 0. The molecule has 0 saturated heterocycles. The number of allylic oxidation sites excluding steroid dienone is 1. The van der Waals surface area contributed by atoms with E-state index in [4.69, 9.17) is 9.47 Å². The Balaban J connectivity index is 1.68. The van der Waals surface area contributed by atoms with E-state index in [1.54, 1.807) is 18.2 Å². The van der Waals surface area contributed by atoms with E-state index in [0.29, 0.717) is 11.1 Å². The van der Waals surface area contributed by atoms with Crippen LogP contribution < -0.4 is 9.47 Å². The molecule has 0 aliphatic carbocycles. The molecule has 0 bridgehead atoms. The van der Waals surface area contributed by atoms with Crippen molar-refractivity contribution in [2.75, 3.05) is 7.11 Å². The van der Waals surface area contributed by atoms with E-state index >= 15 is 0 Å². The lowest BCUT2D eigenvalue weighted by atomic mass is 9.85. The number of carbonyl (C=O) groups excluding carboxylic acids is 1. The largest absolute Gasteiger partial charge is 0.507 e. The highest BCUT2D eigenvalue weighted by Gasteiger charge is 2.35. The van der Waals surface area contributed by atoms with Gasteiger partial charge in [-0.2, -0.15) is 0 Å². The number of ketones is 1. The Labute approximate surface area is 219 Å². The van der Waals surface area contributed by atoms with Gasteiger partial charge < -0.3 is 29.9 Å². The van der Waals surface area contributed by atoms with Crippen LogP contribution in [0, 0.1) is 0 Å². The fourth-order valence-electron chi connectivity index (χ4n) is 4.80. The van der Waals surface area contributed by atoms with Gasteiger partial charge in [-0.15, -0.1) is 0 Å². The Morgan fingerprint density at radius 2 is 1.58 bits per heavy atom. The van der Waals surface area contributed by atoms with Crippen molar-refractivity contribution in [3.05, 3.63) is 113 Å². The van der Waals surface area contributed by atoms with Crippen molar-refractivity contribution in [3.63, 3.8) is 0 Å². The molecule has 7 heteroatoms. The monoisotopic (exact) mass is 510 g/mol. The third-order valence-corrected chi connectivity index (χ3v) is 6.64. The lowest BCUT2D eigenvalue weighted by molar-refractivity contribution is 0.0842. The summed E-state index contributed by atoms with van der Waals surface area (Å²) in [4.78, 5) is 13.2. The zero-order valence-corrected chi connectivity index (χ0v) is 20.5. The minimum atomic E-state index is -0.617. The van der Waals surface area contributed by atoms with Gasteiger partial charge in [0.05, 0.1) is 13.5 Å². The van der Waals surface area contributed by atoms with E-state index in [2.05, 4.69) is 0 Å². The first-order valence-corrected chi connectivity index (χ1v) is 12.0. The number of methoxy groups -OCH3 is 1. The van der Waals surface area contributed by atoms with Gasteiger partial charge in [-0.3, -0.25) is 4.79 Å². The van der Waals surface area contributed by atoms with Gasteiger partial charge in [0.2, 0.25) is 5.75 Å². The maximum atomic E-state index is 13.2. The van der Waals surface area contributed by atoms with Gasteiger partial charge in [-0.05, 0) is 23.3 Å². The second kappa shape index (κ2) is 10.2. The van der Waals surface area contributed by atoms with E-state index in [9.17, 15) is 25.2 Å². The summed E-state index contributed by atoms with van der Waals surface area (Å²) in [6.07, 6.45) is 2.92. The zero-order chi connectivity index (χ0) is 26.8. The molecule has 0 spiro atoms. The summed E-state index contributed by atoms with van der Waals surface area (Å²) in [5.74, 6) is -2.00. The van der Waals surface area contributed by atoms with E-state index in [1.807, 2.05) is 60.7 Å². The zero-order valence-electron chi connectivity index (χ0n) is 20.5. The van der Waals surface area contributed by atoms with Crippen molar-refractivity contribution in [1.29, 1.82) is 0 Å². The second-order valence-corrected chi connectivity index (χ2v) is 8.98. The van der Waals surface area contributed by atoms with Crippen molar-refractivity contribution >= 4 is 11.9 Å². The van der Waals surface area contributed by atoms with E-state index in [1.165, 1.54) is 13.2 Å². The predicted octanol–water partition coefficient (Wildman–Crippen LogP) is 6.07. The number of phenolic OH excluding ortho intramolecular Hbond substituents is 4. The van der Waals surface area contributed by atoms with Crippen LogP contribution in [0.15, 0.2) is 84.9 Å². The van der Waals surface area contributed by atoms with Crippen molar-refractivity contribution in [2.45, 2.75) is 18.4 Å². The number of carbonyl (C=O) groups is 1. The number of Topliss-reactive ketones (excluding diaryl/α,β-unsaturated/α-hetero) is 1. The summed E-state index contributed by atoms with van der Waals surface area (Å²) in [5.41, 5.74) is 2.41. The van der Waals surface area contributed by atoms with E-state index < -0.39 is 17.8 Å². The molecule has 4 aromatic rings. The molecule has 1 aliphatic rings. The molecule has 0 fully saturated rings. The third-order valence-electron chi connectivity index (χ3n) is 6.64. The minimum absolute atomic E-state index is 0.0270. The van der Waals surface area contributed by atoms with Gasteiger partial charge in [0, 0.05) is 23.1 Å². The molecular weight excluding hydrogens is 484 g/mol. The first-order chi connectivity index (χ1) is 18.4. The lowest BCUT2D eigenvalue weighted by Crippen LogP contribution is -2.22. The number of phenols is 4. The number of benzene rings is 4. The van der Waals surface area contributed by atoms with Crippen LogP contribution in [0.25, 0.3) is 6.08 Å². The summed E-state index contributed by atoms with van der Waals surface area (Å²) in [6, 6.07) is 22.7. The highest BCUT2D eigenvalue weighted by Crippen LogP contribution is 2.50. The molecule has 192 valence electrons. The standard InChI is InChI=1S/C31H26O7/c1-37-30-20(13-15-22(32)29(30)36)12-14-21(18-8-4-2-5-9-18)27-23(33)16-24(34)28-25(35)17-26(38-31(27)28)19-10-6-3-7-11-19/h2-16,21,26,32-34,36H,17H2,1H3/b14-12+. The van der Waals surface area contributed by atoms with Gasteiger partial charge in [0.15, 0.2) is 17.3 Å². The Morgan fingerprint density at radius 3 is 2.26 bits per heavy atom. The number of hydrogen-bond acceptors (Lipinski definition) is 7. The van der Waals surface area contributed by atoms with Gasteiger partial charge in [0.25, 0.3) is 0 Å². The molecule has 0 radical (unpaired) electrons. The molecule has 4 aromatic carbocycles. The van der Waals surface area contributed by atoms with Gasteiger partial charge >= 0.3 is 0 Å². The summed E-state index contributed by atoms with van der Waals surface area (Å²) >= 11 is 0. The SMILES string of the molecule is COc1c(/C=C/C(c2ccccc2)c2c(O)cc(O)c3c2OC(c2ccccc2)CC3=O)ccc(O)c1O. The molecule has 5 rings (SSSR count). The van der Waals surface area contributed by atoms with Gasteiger partial charge in [0.1, 0.15) is 28.9 Å². The van der Waals surface area contributed by atoms with Crippen LogP contribution in [0.4, 0.5) is 0 Å².